The fourth-order valence-electron chi connectivity index (χ4n) is 6.65. The summed E-state index contributed by atoms with van der Waals surface area (Å²) in [4.78, 5) is 12.3. The summed E-state index contributed by atoms with van der Waals surface area (Å²) in [6.07, 6.45) is 13.9. The van der Waals surface area contributed by atoms with Crippen LogP contribution in [0.3, 0.4) is 0 Å². The Balaban J connectivity index is 1.92. The molecule has 0 N–H and O–H groups in total. The molecular formula is C23H36O2. The van der Waals surface area contributed by atoms with Gasteiger partial charge in [-0.3, -0.25) is 4.79 Å². The van der Waals surface area contributed by atoms with E-state index in [9.17, 15) is 4.79 Å². The zero-order valence-corrected chi connectivity index (χ0v) is 16.7. The van der Waals surface area contributed by atoms with Crippen LogP contribution in [0, 0.1) is 28.1 Å². The van der Waals surface area contributed by atoms with E-state index in [0.29, 0.717) is 24.9 Å². The first-order valence-electron chi connectivity index (χ1n) is 10.3. The molecule has 0 bridgehead atoms. The van der Waals surface area contributed by atoms with E-state index in [1.165, 1.54) is 38.5 Å². The van der Waals surface area contributed by atoms with Gasteiger partial charge in [-0.15, -0.1) is 6.58 Å². The van der Waals surface area contributed by atoms with E-state index in [-0.39, 0.29) is 22.2 Å². The molecule has 0 amide bonds. The number of carbonyl (C=O) groups is 1. The fourth-order valence-corrected chi connectivity index (χ4v) is 6.65. The van der Waals surface area contributed by atoms with Crippen LogP contribution < -0.4 is 0 Å². The summed E-state index contributed by atoms with van der Waals surface area (Å²) in [6, 6.07) is 0. The van der Waals surface area contributed by atoms with Crippen LogP contribution in [-0.4, -0.2) is 12.6 Å². The standard InChI is InChI=1S/C23H36O2/c1-6-21(3)13-8-10-18-17(21)11-12-19-22(4,16-20(24)25-7-2)14-9-15-23(18,19)5/h6,10,17,19H,1,7-9,11-16H2,2-5H3/t17?,19?,21-,22-,23-/m0/s1. The molecule has 5 atom stereocenters. The highest BCUT2D eigenvalue weighted by Crippen LogP contribution is 2.65. The number of fused-ring (bicyclic) bond motifs is 3. The van der Waals surface area contributed by atoms with Gasteiger partial charge >= 0.3 is 5.97 Å². The highest BCUT2D eigenvalue weighted by molar-refractivity contribution is 5.70. The topological polar surface area (TPSA) is 26.3 Å². The average Bonchev–Trinajstić information content (AvgIpc) is 2.55. The van der Waals surface area contributed by atoms with Gasteiger partial charge in [-0.1, -0.05) is 44.9 Å². The smallest absolute Gasteiger partial charge is 0.306 e. The summed E-state index contributed by atoms with van der Waals surface area (Å²) in [7, 11) is 0. The Labute approximate surface area is 154 Å². The number of rotatable bonds is 4. The molecular weight excluding hydrogens is 308 g/mol. The molecule has 3 rings (SSSR count). The number of allylic oxidation sites excluding steroid dienone is 3. The van der Waals surface area contributed by atoms with Gasteiger partial charge in [-0.25, -0.2) is 0 Å². The van der Waals surface area contributed by atoms with Crippen molar-refractivity contribution in [2.45, 2.75) is 79.1 Å². The van der Waals surface area contributed by atoms with Gasteiger partial charge in [0.15, 0.2) is 0 Å². The van der Waals surface area contributed by atoms with Gasteiger partial charge in [0.2, 0.25) is 0 Å². The second kappa shape index (κ2) is 6.59. The lowest BCUT2D eigenvalue weighted by molar-refractivity contribution is -0.149. The molecule has 2 unspecified atom stereocenters. The van der Waals surface area contributed by atoms with Crippen molar-refractivity contribution in [2.24, 2.45) is 28.1 Å². The number of esters is 1. The van der Waals surface area contributed by atoms with Crippen molar-refractivity contribution in [3.05, 3.63) is 24.3 Å². The molecule has 0 saturated heterocycles. The van der Waals surface area contributed by atoms with Gasteiger partial charge < -0.3 is 4.74 Å². The molecule has 140 valence electrons. The average molecular weight is 345 g/mol. The molecule has 2 fully saturated rings. The lowest BCUT2D eigenvalue weighted by Gasteiger charge is -2.60. The third-order valence-corrected chi connectivity index (χ3v) is 8.00. The van der Waals surface area contributed by atoms with Crippen molar-refractivity contribution in [3.8, 4) is 0 Å². The van der Waals surface area contributed by atoms with E-state index in [0.717, 1.165) is 6.42 Å². The summed E-state index contributed by atoms with van der Waals surface area (Å²) in [5.41, 5.74) is 2.25. The molecule has 3 aliphatic rings. The predicted octanol–water partition coefficient (Wildman–Crippen LogP) is 6.07. The molecule has 2 saturated carbocycles. The Morgan fingerprint density at radius 1 is 1.28 bits per heavy atom. The van der Waals surface area contributed by atoms with E-state index < -0.39 is 0 Å². The molecule has 2 nitrogen and oxygen atoms in total. The van der Waals surface area contributed by atoms with E-state index in [2.05, 4.69) is 39.5 Å². The third-order valence-electron chi connectivity index (χ3n) is 8.00. The molecule has 0 spiro atoms. The molecule has 0 aromatic carbocycles. The molecule has 0 aliphatic heterocycles. The molecule has 0 aromatic rings. The SMILES string of the molecule is C=C[C@@]1(C)CCC=C2C1CCC1[C@](C)(CC(=O)OCC)CCC[C@@]21C. The van der Waals surface area contributed by atoms with Gasteiger partial charge in [0.1, 0.15) is 0 Å². The van der Waals surface area contributed by atoms with Crippen molar-refractivity contribution in [3.63, 3.8) is 0 Å². The highest BCUT2D eigenvalue weighted by Gasteiger charge is 2.56. The Hall–Kier alpha value is -1.05. The number of ether oxygens (including phenoxy) is 1. The molecule has 25 heavy (non-hydrogen) atoms. The first-order chi connectivity index (χ1) is 11.8. The molecule has 2 heteroatoms. The second-order valence-electron chi connectivity index (χ2n) is 9.50. The second-order valence-corrected chi connectivity index (χ2v) is 9.50. The summed E-state index contributed by atoms with van der Waals surface area (Å²) in [5, 5.41) is 0. The maximum Gasteiger partial charge on any atom is 0.306 e. The molecule has 0 heterocycles. The van der Waals surface area contributed by atoms with Crippen LogP contribution in [0.1, 0.15) is 79.1 Å². The lowest BCUT2D eigenvalue weighted by Crippen LogP contribution is -2.52. The summed E-state index contributed by atoms with van der Waals surface area (Å²) < 4.78 is 5.31. The third kappa shape index (κ3) is 3.00. The van der Waals surface area contributed by atoms with Crippen molar-refractivity contribution >= 4 is 5.97 Å². The first kappa shape index (κ1) is 18.7. The molecule has 0 aromatic heterocycles. The van der Waals surface area contributed by atoms with Gasteiger partial charge in [0.25, 0.3) is 0 Å². The van der Waals surface area contributed by atoms with Crippen LogP contribution in [0.5, 0.6) is 0 Å². The summed E-state index contributed by atoms with van der Waals surface area (Å²) >= 11 is 0. The van der Waals surface area contributed by atoms with Crippen LogP contribution in [0.4, 0.5) is 0 Å². The van der Waals surface area contributed by atoms with Crippen molar-refractivity contribution in [1.82, 2.24) is 0 Å². The lowest BCUT2D eigenvalue weighted by atomic mass is 9.44. The summed E-state index contributed by atoms with van der Waals surface area (Å²) in [5.74, 6) is 1.22. The highest BCUT2D eigenvalue weighted by atomic mass is 16.5. The van der Waals surface area contributed by atoms with E-state index in [1.807, 2.05) is 6.92 Å². The first-order valence-corrected chi connectivity index (χ1v) is 10.3. The number of carbonyl (C=O) groups excluding carboxylic acids is 1. The fraction of sp³-hybridized carbons (Fsp3) is 0.783. The summed E-state index contributed by atoms with van der Waals surface area (Å²) in [6.45, 7) is 13.8. The Morgan fingerprint density at radius 3 is 2.72 bits per heavy atom. The van der Waals surface area contributed by atoms with Gasteiger partial charge in [0, 0.05) is 0 Å². The van der Waals surface area contributed by atoms with Crippen molar-refractivity contribution in [1.29, 1.82) is 0 Å². The van der Waals surface area contributed by atoms with Gasteiger partial charge in [-0.2, -0.15) is 0 Å². The Morgan fingerprint density at radius 2 is 2.04 bits per heavy atom. The Bertz CT molecular complexity index is 577. The normalized spacial score (nSPS) is 43.4. The number of hydrogen-bond acceptors (Lipinski definition) is 2. The van der Waals surface area contributed by atoms with Crippen molar-refractivity contribution in [2.75, 3.05) is 6.61 Å². The van der Waals surface area contributed by atoms with E-state index in [1.54, 1.807) is 5.57 Å². The van der Waals surface area contributed by atoms with Gasteiger partial charge in [-0.05, 0) is 73.5 Å². The minimum Gasteiger partial charge on any atom is -0.466 e. The minimum atomic E-state index is -0.00933. The quantitative estimate of drug-likeness (QED) is 0.456. The maximum atomic E-state index is 12.3. The van der Waals surface area contributed by atoms with Crippen LogP contribution >= 0.6 is 0 Å². The van der Waals surface area contributed by atoms with Crippen LogP contribution in [0.25, 0.3) is 0 Å². The zero-order chi connectivity index (χ0) is 18.3. The Kier molecular flexibility index (Phi) is 4.94. The van der Waals surface area contributed by atoms with Crippen LogP contribution in [0.2, 0.25) is 0 Å². The van der Waals surface area contributed by atoms with E-state index >= 15 is 0 Å². The van der Waals surface area contributed by atoms with Gasteiger partial charge in [0.05, 0.1) is 13.0 Å². The van der Waals surface area contributed by atoms with E-state index in [4.69, 9.17) is 4.74 Å². The van der Waals surface area contributed by atoms with Crippen molar-refractivity contribution < 1.29 is 9.53 Å². The van der Waals surface area contributed by atoms with Crippen LogP contribution in [-0.2, 0) is 9.53 Å². The molecule has 3 aliphatic carbocycles. The predicted molar refractivity (Wildman–Crippen MR) is 103 cm³/mol. The maximum absolute atomic E-state index is 12.3. The minimum absolute atomic E-state index is 0.00933. The van der Waals surface area contributed by atoms with Crippen LogP contribution in [0.15, 0.2) is 24.3 Å². The monoisotopic (exact) mass is 344 g/mol. The molecule has 0 radical (unpaired) electrons. The largest absolute Gasteiger partial charge is 0.466 e. The number of hydrogen-bond donors (Lipinski definition) is 0. The zero-order valence-electron chi connectivity index (χ0n) is 16.7.